The summed E-state index contributed by atoms with van der Waals surface area (Å²) in [5.41, 5.74) is 2.06. The summed E-state index contributed by atoms with van der Waals surface area (Å²) in [7, 11) is 0. The fourth-order valence-corrected chi connectivity index (χ4v) is 6.01. The lowest BCUT2D eigenvalue weighted by Crippen LogP contribution is -2.57. The SMILES string of the molecule is Cc1ccc(C)c(C2NC(Cc3ccc([N+](=O)[O-])cc3)(C(=O)O)C3C(=O)N(c4ccc(C)c(Cl)c4)C(=O)C23)c1. The van der Waals surface area contributed by atoms with E-state index in [0.29, 0.717) is 10.6 Å². The minimum atomic E-state index is -1.85. The van der Waals surface area contributed by atoms with Crippen LogP contribution in [0.25, 0.3) is 0 Å². The van der Waals surface area contributed by atoms with Gasteiger partial charge in [0.2, 0.25) is 11.8 Å². The van der Waals surface area contributed by atoms with E-state index in [2.05, 4.69) is 5.32 Å². The van der Waals surface area contributed by atoms with Crippen molar-refractivity contribution in [3.63, 3.8) is 0 Å². The number of carboxylic acids is 1. The number of rotatable bonds is 6. The zero-order valence-corrected chi connectivity index (χ0v) is 22.2. The van der Waals surface area contributed by atoms with Gasteiger partial charge in [-0.3, -0.25) is 29.8 Å². The summed E-state index contributed by atoms with van der Waals surface area (Å²) in [6.07, 6.45) is -0.162. The fourth-order valence-electron chi connectivity index (χ4n) is 5.83. The smallest absolute Gasteiger partial charge is 0.325 e. The molecule has 39 heavy (non-hydrogen) atoms. The quantitative estimate of drug-likeness (QED) is 0.260. The van der Waals surface area contributed by atoms with E-state index < -0.39 is 46.1 Å². The lowest BCUT2D eigenvalue weighted by atomic mass is 9.76. The molecule has 0 aromatic heterocycles. The second-order valence-electron chi connectivity index (χ2n) is 10.3. The Morgan fingerprint density at radius 3 is 2.31 bits per heavy atom. The average molecular weight is 548 g/mol. The van der Waals surface area contributed by atoms with Gasteiger partial charge in [0.25, 0.3) is 5.69 Å². The number of hydrogen-bond acceptors (Lipinski definition) is 6. The molecule has 200 valence electrons. The molecule has 4 atom stereocenters. The molecular weight excluding hydrogens is 522 g/mol. The van der Waals surface area contributed by atoms with Gasteiger partial charge in [0, 0.05) is 29.6 Å². The first kappa shape index (κ1) is 26.5. The van der Waals surface area contributed by atoms with Crippen LogP contribution in [0.3, 0.4) is 0 Å². The number of fused-ring (bicyclic) bond motifs is 1. The number of carbonyl (C=O) groups is 3. The number of aryl methyl sites for hydroxylation is 3. The van der Waals surface area contributed by atoms with E-state index in [1.807, 2.05) is 32.0 Å². The molecule has 2 aliphatic rings. The Labute approximate surface area is 229 Å². The molecule has 0 bridgehead atoms. The number of carboxylic acid groups (broad SMARTS) is 1. The summed E-state index contributed by atoms with van der Waals surface area (Å²) in [5.74, 6) is -4.65. The number of halogens is 1. The van der Waals surface area contributed by atoms with Crippen LogP contribution in [0.2, 0.25) is 5.02 Å². The molecule has 0 radical (unpaired) electrons. The molecule has 2 aliphatic heterocycles. The molecule has 10 heteroatoms. The van der Waals surface area contributed by atoms with Crippen LogP contribution in [0.4, 0.5) is 11.4 Å². The maximum atomic E-state index is 14.0. The molecule has 2 saturated heterocycles. The molecule has 2 amide bonds. The highest BCUT2D eigenvalue weighted by Crippen LogP contribution is 2.51. The van der Waals surface area contributed by atoms with Gasteiger partial charge in [-0.2, -0.15) is 0 Å². The van der Waals surface area contributed by atoms with E-state index in [-0.39, 0.29) is 17.8 Å². The molecule has 2 heterocycles. The Hall–Kier alpha value is -4.08. The van der Waals surface area contributed by atoms with Crippen molar-refractivity contribution in [2.75, 3.05) is 4.90 Å². The first-order valence-corrected chi connectivity index (χ1v) is 12.8. The average Bonchev–Trinajstić information content (AvgIpc) is 3.36. The standard InChI is InChI=1S/C29H26ClN3O6/c1-15-4-5-16(2)21(12-15)25-23-24(27(35)32(26(23)34)20-9-6-17(3)22(30)13-20)29(31-25,28(36)37)14-18-7-10-19(11-8-18)33(38)39/h4-13,23-25,31H,14H2,1-3H3,(H,36,37). The number of amides is 2. The van der Waals surface area contributed by atoms with Crippen molar-refractivity contribution in [2.45, 2.75) is 38.8 Å². The zero-order valence-electron chi connectivity index (χ0n) is 21.5. The van der Waals surface area contributed by atoms with Gasteiger partial charge in [-0.15, -0.1) is 0 Å². The van der Waals surface area contributed by atoms with Crippen LogP contribution in [0, 0.1) is 42.7 Å². The van der Waals surface area contributed by atoms with Gasteiger partial charge in [0.1, 0.15) is 5.54 Å². The van der Waals surface area contributed by atoms with E-state index in [4.69, 9.17) is 11.6 Å². The Balaban J connectivity index is 1.67. The third-order valence-electron chi connectivity index (χ3n) is 7.85. The normalized spacial score (nSPS) is 24.2. The Morgan fingerprint density at radius 1 is 1.03 bits per heavy atom. The number of nitrogens with zero attached hydrogens (tertiary/aromatic N) is 2. The Kier molecular flexibility index (Phi) is 6.52. The molecule has 4 unspecified atom stereocenters. The summed E-state index contributed by atoms with van der Waals surface area (Å²) in [5, 5.41) is 25.4. The summed E-state index contributed by atoms with van der Waals surface area (Å²) < 4.78 is 0. The first-order chi connectivity index (χ1) is 18.4. The number of aliphatic carboxylic acids is 1. The lowest BCUT2D eigenvalue weighted by molar-refractivity contribution is -0.384. The predicted octanol–water partition coefficient (Wildman–Crippen LogP) is 4.69. The second kappa shape index (κ2) is 9.59. The van der Waals surface area contributed by atoms with Crippen molar-refractivity contribution in [1.82, 2.24) is 5.32 Å². The number of nitro groups is 1. The van der Waals surface area contributed by atoms with Gasteiger partial charge in [0.05, 0.1) is 22.4 Å². The highest BCUT2D eigenvalue weighted by atomic mass is 35.5. The Bertz CT molecular complexity index is 1540. The number of carbonyl (C=O) groups excluding carboxylic acids is 2. The highest BCUT2D eigenvalue weighted by molar-refractivity contribution is 6.32. The monoisotopic (exact) mass is 547 g/mol. The topological polar surface area (TPSA) is 130 Å². The van der Waals surface area contributed by atoms with Gasteiger partial charge < -0.3 is 5.11 Å². The predicted molar refractivity (Wildman–Crippen MR) is 145 cm³/mol. The summed E-state index contributed by atoms with van der Waals surface area (Å²) in [6.45, 7) is 5.58. The van der Waals surface area contributed by atoms with Gasteiger partial charge >= 0.3 is 5.97 Å². The van der Waals surface area contributed by atoms with E-state index >= 15 is 0 Å². The van der Waals surface area contributed by atoms with Crippen LogP contribution in [0.1, 0.15) is 33.9 Å². The molecule has 2 fully saturated rings. The second-order valence-corrected chi connectivity index (χ2v) is 10.7. The molecule has 3 aromatic carbocycles. The summed E-state index contributed by atoms with van der Waals surface area (Å²) in [4.78, 5) is 52.8. The van der Waals surface area contributed by atoms with Crippen LogP contribution in [0.15, 0.2) is 60.7 Å². The van der Waals surface area contributed by atoms with E-state index in [1.54, 1.807) is 19.1 Å². The van der Waals surface area contributed by atoms with Gasteiger partial charge in [-0.25, -0.2) is 4.90 Å². The molecule has 3 aromatic rings. The van der Waals surface area contributed by atoms with Crippen molar-refractivity contribution < 1.29 is 24.4 Å². The molecule has 0 aliphatic carbocycles. The Morgan fingerprint density at radius 2 is 1.69 bits per heavy atom. The molecular formula is C29H26ClN3O6. The van der Waals surface area contributed by atoms with E-state index in [1.165, 1.54) is 30.3 Å². The van der Waals surface area contributed by atoms with Crippen molar-refractivity contribution in [2.24, 2.45) is 11.8 Å². The van der Waals surface area contributed by atoms with Crippen LogP contribution >= 0.6 is 11.6 Å². The van der Waals surface area contributed by atoms with E-state index in [9.17, 15) is 29.6 Å². The van der Waals surface area contributed by atoms with E-state index in [0.717, 1.165) is 27.2 Å². The van der Waals surface area contributed by atoms with Gasteiger partial charge in [0.15, 0.2) is 0 Å². The lowest BCUT2D eigenvalue weighted by Gasteiger charge is -2.31. The molecule has 2 N–H and O–H groups in total. The number of nitrogens with one attached hydrogen (secondary N) is 1. The van der Waals surface area contributed by atoms with Crippen LogP contribution < -0.4 is 10.2 Å². The maximum Gasteiger partial charge on any atom is 0.325 e. The largest absolute Gasteiger partial charge is 0.480 e. The number of non-ortho nitro benzene ring substituents is 1. The zero-order chi connectivity index (χ0) is 28.2. The number of imide groups is 1. The van der Waals surface area contributed by atoms with Crippen molar-refractivity contribution in [3.8, 4) is 0 Å². The van der Waals surface area contributed by atoms with Crippen LogP contribution in [-0.2, 0) is 20.8 Å². The van der Waals surface area contributed by atoms with Crippen LogP contribution in [-0.4, -0.2) is 33.4 Å². The third-order valence-corrected chi connectivity index (χ3v) is 8.26. The number of hydrogen-bond donors (Lipinski definition) is 2. The molecule has 9 nitrogen and oxygen atoms in total. The summed E-state index contributed by atoms with van der Waals surface area (Å²) >= 11 is 6.32. The van der Waals surface area contributed by atoms with Gasteiger partial charge in [-0.05, 0) is 55.2 Å². The molecule has 0 saturated carbocycles. The van der Waals surface area contributed by atoms with Crippen LogP contribution in [0.5, 0.6) is 0 Å². The van der Waals surface area contributed by atoms with Crippen molar-refractivity contribution in [3.05, 3.63) is 104 Å². The minimum absolute atomic E-state index is 0.136. The summed E-state index contributed by atoms with van der Waals surface area (Å²) in [6, 6.07) is 15.4. The minimum Gasteiger partial charge on any atom is -0.480 e. The first-order valence-electron chi connectivity index (χ1n) is 12.4. The van der Waals surface area contributed by atoms with Crippen molar-refractivity contribution >= 4 is 40.8 Å². The molecule has 5 rings (SSSR count). The maximum absolute atomic E-state index is 14.0. The number of benzene rings is 3. The van der Waals surface area contributed by atoms with Crippen molar-refractivity contribution in [1.29, 1.82) is 0 Å². The van der Waals surface area contributed by atoms with Gasteiger partial charge in [-0.1, -0.05) is 53.6 Å². The third kappa shape index (κ3) is 4.27. The fraction of sp³-hybridized carbons (Fsp3) is 0.276. The number of anilines is 1. The molecule has 0 spiro atoms. The number of nitro benzene ring substituents is 1. The highest BCUT2D eigenvalue weighted by Gasteiger charge is 2.68.